The van der Waals surface area contributed by atoms with E-state index in [-0.39, 0.29) is 6.10 Å². The number of piperidine rings is 1. The molecule has 1 aromatic rings. The Kier molecular flexibility index (Phi) is 5.82. The van der Waals surface area contributed by atoms with Gasteiger partial charge < -0.3 is 4.74 Å². The molecule has 118 valence electrons. The summed E-state index contributed by atoms with van der Waals surface area (Å²) in [5, 5.41) is 0. The zero-order valence-electron chi connectivity index (χ0n) is 12.5. The molecule has 21 heavy (non-hydrogen) atoms. The van der Waals surface area contributed by atoms with Crippen molar-refractivity contribution in [2.24, 2.45) is 0 Å². The van der Waals surface area contributed by atoms with E-state index < -0.39 is 10.0 Å². The number of rotatable bonds is 5. The Morgan fingerprint density at radius 1 is 1.43 bits per heavy atom. The Hall–Kier alpha value is -0.430. The minimum atomic E-state index is -3.43. The Bertz CT molecular complexity index is 589. The van der Waals surface area contributed by atoms with Crippen LogP contribution in [0.25, 0.3) is 0 Å². The van der Waals surface area contributed by atoms with Crippen molar-refractivity contribution >= 4 is 26.0 Å². The van der Waals surface area contributed by atoms with Crippen LogP contribution in [0, 0.1) is 6.92 Å². The number of aryl methyl sites for hydroxylation is 1. The first-order valence-electron chi connectivity index (χ1n) is 7.33. The molecule has 1 aromatic carbocycles. The van der Waals surface area contributed by atoms with Gasteiger partial charge in [0.2, 0.25) is 10.0 Å². The molecule has 0 N–H and O–H groups in total. The summed E-state index contributed by atoms with van der Waals surface area (Å²) in [5.74, 6) is 0. The van der Waals surface area contributed by atoms with Gasteiger partial charge in [-0.3, -0.25) is 0 Å². The molecule has 1 atom stereocenters. The first-order chi connectivity index (χ1) is 9.95. The van der Waals surface area contributed by atoms with E-state index in [1.807, 2.05) is 6.92 Å². The monoisotopic (exact) mass is 375 g/mol. The Labute approximate surface area is 135 Å². The van der Waals surface area contributed by atoms with E-state index in [0.717, 1.165) is 29.3 Å². The van der Waals surface area contributed by atoms with E-state index in [1.165, 1.54) is 0 Å². The molecule has 1 aliphatic heterocycles. The van der Waals surface area contributed by atoms with Gasteiger partial charge in [-0.25, -0.2) is 8.42 Å². The Morgan fingerprint density at radius 2 is 2.19 bits per heavy atom. The van der Waals surface area contributed by atoms with Crippen LogP contribution in [-0.2, 0) is 14.8 Å². The molecular formula is C15H22BrNO3S. The Balaban J connectivity index is 2.16. The van der Waals surface area contributed by atoms with Crippen LogP contribution in [0.4, 0.5) is 0 Å². The zero-order chi connectivity index (χ0) is 15.5. The summed E-state index contributed by atoms with van der Waals surface area (Å²) in [6.07, 6.45) is 2.76. The number of nitrogens with zero attached hydrogens (tertiary/aromatic N) is 1. The largest absolute Gasteiger partial charge is 0.377 e. The summed E-state index contributed by atoms with van der Waals surface area (Å²) < 4.78 is 33.6. The average Bonchev–Trinajstić information content (AvgIpc) is 2.48. The first kappa shape index (κ1) is 16.9. The van der Waals surface area contributed by atoms with Gasteiger partial charge in [0.15, 0.2) is 0 Å². The molecule has 2 rings (SSSR count). The van der Waals surface area contributed by atoms with Crippen LogP contribution in [-0.4, -0.2) is 38.5 Å². The van der Waals surface area contributed by atoms with Crippen molar-refractivity contribution in [3.63, 3.8) is 0 Å². The maximum absolute atomic E-state index is 12.7. The molecule has 0 aliphatic carbocycles. The third-order valence-corrected chi connectivity index (χ3v) is 6.42. The van der Waals surface area contributed by atoms with Crippen molar-refractivity contribution in [3.05, 3.63) is 28.2 Å². The van der Waals surface area contributed by atoms with Crippen LogP contribution < -0.4 is 0 Å². The summed E-state index contributed by atoms with van der Waals surface area (Å²) >= 11 is 3.40. The standard InChI is InChI=1S/C15H22BrNO3S/c1-3-9-20-13-5-4-8-17(11-13)21(18,19)14-6-7-15(16)12(2)10-14/h6-7,10,13H,3-5,8-9,11H2,1-2H3. The quantitative estimate of drug-likeness (QED) is 0.792. The highest BCUT2D eigenvalue weighted by molar-refractivity contribution is 9.10. The molecule has 6 heteroatoms. The van der Waals surface area contributed by atoms with E-state index in [2.05, 4.69) is 22.9 Å². The second-order valence-electron chi connectivity index (χ2n) is 5.41. The third-order valence-electron chi connectivity index (χ3n) is 3.67. The highest BCUT2D eigenvalue weighted by atomic mass is 79.9. The van der Waals surface area contributed by atoms with Gasteiger partial charge >= 0.3 is 0 Å². The smallest absolute Gasteiger partial charge is 0.243 e. The zero-order valence-corrected chi connectivity index (χ0v) is 14.9. The number of ether oxygens (including phenoxy) is 1. The highest BCUT2D eigenvalue weighted by Crippen LogP contribution is 2.25. The fraction of sp³-hybridized carbons (Fsp3) is 0.600. The molecule has 1 aliphatic rings. The second-order valence-corrected chi connectivity index (χ2v) is 8.20. The molecule has 0 spiro atoms. The average molecular weight is 376 g/mol. The molecule has 4 nitrogen and oxygen atoms in total. The third kappa shape index (κ3) is 4.06. The second kappa shape index (κ2) is 7.22. The molecule has 0 radical (unpaired) electrons. The first-order valence-corrected chi connectivity index (χ1v) is 9.56. The van der Waals surface area contributed by atoms with Crippen LogP contribution in [0.5, 0.6) is 0 Å². The molecule has 1 unspecified atom stereocenters. The van der Waals surface area contributed by atoms with E-state index in [1.54, 1.807) is 22.5 Å². The molecule has 1 heterocycles. The lowest BCUT2D eigenvalue weighted by atomic mass is 10.1. The molecule has 0 saturated carbocycles. The van der Waals surface area contributed by atoms with Crippen LogP contribution in [0.15, 0.2) is 27.6 Å². The van der Waals surface area contributed by atoms with Gasteiger partial charge in [0.05, 0.1) is 11.0 Å². The van der Waals surface area contributed by atoms with Crippen molar-refractivity contribution in [2.45, 2.75) is 44.1 Å². The van der Waals surface area contributed by atoms with Crippen molar-refractivity contribution in [3.8, 4) is 0 Å². The Morgan fingerprint density at radius 3 is 2.86 bits per heavy atom. The molecule has 0 aromatic heterocycles. The fourth-order valence-electron chi connectivity index (χ4n) is 2.47. The highest BCUT2D eigenvalue weighted by Gasteiger charge is 2.30. The maximum Gasteiger partial charge on any atom is 0.243 e. The van der Waals surface area contributed by atoms with Crippen LogP contribution in [0.1, 0.15) is 31.7 Å². The minimum absolute atomic E-state index is 0.0185. The van der Waals surface area contributed by atoms with Gasteiger partial charge in [-0.1, -0.05) is 22.9 Å². The van der Waals surface area contributed by atoms with Crippen LogP contribution >= 0.6 is 15.9 Å². The SMILES string of the molecule is CCCOC1CCCN(S(=O)(=O)c2ccc(Br)c(C)c2)C1. The normalized spacial score (nSPS) is 20.6. The van der Waals surface area contributed by atoms with Gasteiger partial charge in [-0.15, -0.1) is 0 Å². The van der Waals surface area contributed by atoms with E-state index in [4.69, 9.17) is 4.74 Å². The van der Waals surface area contributed by atoms with Gasteiger partial charge in [0.25, 0.3) is 0 Å². The number of hydrogen-bond acceptors (Lipinski definition) is 3. The van der Waals surface area contributed by atoms with Gasteiger partial charge in [-0.2, -0.15) is 4.31 Å². The molecule has 1 fully saturated rings. The predicted octanol–water partition coefficient (Wildman–Crippen LogP) is 3.34. The van der Waals surface area contributed by atoms with Gasteiger partial charge in [-0.05, 0) is 49.9 Å². The summed E-state index contributed by atoms with van der Waals surface area (Å²) in [4.78, 5) is 0.361. The summed E-state index contributed by atoms with van der Waals surface area (Å²) in [5.41, 5.74) is 0.923. The minimum Gasteiger partial charge on any atom is -0.377 e. The van der Waals surface area contributed by atoms with Crippen LogP contribution in [0.2, 0.25) is 0 Å². The van der Waals surface area contributed by atoms with Gasteiger partial charge in [0.1, 0.15) is 0 Å². The lowest BCUT2D eigenvalue weighted by molar-refractivity contribution is 0.0193. The summed E-state index contributed by atoms with van der Waals surface area (Å²) in [7, 11) is -3.43. The molecular weight excluding hydrogens is 354 g/mol. The molecule has 1 saturated heterocycles. The topological polar surface area (TPSA) is 46.6 Å². The lowest BCUT2D eigenvalue weighted by Gasteiger charge is -2.31. The van der Waals surface area contributed by atoms with Gasteiger partial charge in [0, 0.05) is 24.2 Å². The number of halogens is 1. The van der Waals surface area contributed by atoms with Crippen molar-refractivity contribution in [2.75, 3.05) is 19.7 Å². The fourth-order valence-corrected chi connectivity index (χ4v) is 4.31. The van der Waals surface area contributed by atoms with Crippen LogP contribution in [0.3, 0.4) is 0 Å². The summed E-state index contributed by atoms with van der Waals surface area (Å²) in [6, 6.07) is 5.16. The lowest BCUT2D eigenvalue weighted by Crippen LogP contribution is -2.43. The van der Waals surface area contributed by atoms with E-state index >= 15 is 0 Å². The van der Waals surface area contributed by atoms with E-state index in [0.29, 0.717) is 24.6 Å². The molecule has 0 bridgehead atoms. The maximum atomic E-state index is 12.7. The number of benzene rings is 1. The summed E-state index contributed by atoms with van der Waals surface area (Å²) in [6.45, 7) is 5.67. The van der Waals surface area contributed by atoms with Crippen molar-refractivity contribution in [1.29, 1.82) is 0 Å². The predicted molar refractivity (Wildman–Crippen MR) is 86.9 cm³/mol. The number of hydrogen-bond donors (Lipinski definition) is 0. The van der Waals surface area contributed by atoms with Crippen molar-refractivity contribution < 1.29 is 13.2 Å². The molecule has 0 amide bonds. The van der Waals surface area contributed by atoms with Crippen molar-refractivity contribution in [1.82, 2.24) is 4.31 Å². The van der Waals surface area contributed by atoms with E-state index in [9.17, 15) is 8.42 Å². The number of sulfonamides is 1.